The number of nitrogens with zero attached hydrogens (tertiary/aromatic N) is 1. The highest BCUT2D eigenvalue weighted by Crippen LogP contribution is 2.20. The zero-order valence-corrected chi connectivity index (χ0v) is 10.3. The van der Waals surface area contributed by atoms with Crippen LogP contribution < -0.4 is 5.32 Å². The first-order chi connectivity index (χ1) is 7.65. The largest absolute Gasteiger partial charge is 0.340 e. The van der Waals surface area contributed by atoms with Gasteiger partial charge in [-0.1, -0.05) is 0 Å². The molecular weight excluding hydrogens is 271 g/mol. The Bertz CT molecular complexity index is 497. The number of halogens is 2. The summed E-state index contributed by atoms with van der Waals surface area (Å²) in [5.74, 6) is 0.504. The summed E-state index contributed by atoms with van der Waals surface area (Å²) in [5.41, 5.74) is 1.71. The Morgan fingerprint density at radius 3 is 2.69 bits per heavy atom. The van der Waals surface area contributed by atoms with Crippen LogP contribution in [0.4, 0.5) is 15.9 Å². The van der Waals surface area contributed by atoms with Crippen molar-refractivity contribution in [2.24, 2.45) is 0 Å². The summed E-state index contributed by atoms with van der Waals surface area (Å²) in [7, 11) is 0. The first kappa shape index (κ1) is 11.1. The lowest BCUT2D eigenvalue weighted by molar-refractivity contribution is 0.627. The number of benzene rings is 1. The molecule has 0 radical (unpaired) electrons. The quantitative estimate of drug-likeness (QED) is 0.898. The lowest BCUT2D eigenvalue weighted by Crippen LogP contribution is -1.95. The summed E-state index contributed by atoms with van der Waals surface area (Å²) in [4.78, 5) is 4.19. The number of anilines is 2. The van der Waals surface area contributed by atoms with E-state index in [4.69, 9.17) is 0 Å². The molecule has 1 heterocycles. The Kier molecular flexibility index (Phi) is 3.19. The van der Waals surface area contributed by atoms with E-state index >= 15 is 0 Å². The van der Waals surface area contributed by atoms with Crippen molar-refractivity contribution in [3.63, 3.8) is 0 Å². The Morgan fingerprint density at radius 1 is 1.25 bits per heavy atom. The summed E-state index contributed by atoms with van der Waals surface area (Å²) in [6, 6.07) is 8.37. The van der Waals surface area contributed by atoms with E-state index in [-0.39, 0.29) is 5.82 Å². The summed E-state index contributed by atoms with van der Waals surface area (Å²) in [6.07, 6.45) is 1.71. The van der Waals surface area contributed by atoms with Gasteiger partial charge in [0.15, 0.2) is 0 Å². The van der Waals surface area contributed by atoms with Crippen molar-refractivity contribution < 1.29 is 4.39 Å². The molecule has 0 spiro atoms. The molecular formula is C12H10BrFN2. The zero-order valence-electron chi connectivity index (χ0n) is 8.67. The van der Waals surface area contributed by atoms with E-state index in [9.17, 15) is 4.39 Å². The molecule has 0 amide bonds. The topological polar surface area (TPSA) is 24.9 Å². The maximum Gasteiger partial charge on any atom is 0.130 e. The number of hydrogen-bond acceptors (Lipinski definition) is 2. The lowest BCUT2D eigenvalue weighted by atomic mass is 10.2. The second-order valence-corrected chi connectivity index (χ2v) is 4.36. The fourth-order valence-electron chi connectivity index (χ4n) is 1.36. The van der Waals surface area contributed by atoms with Crippen molar-refractivity contribution in [3.8, 4) is 0 Å². The summed E-state index contributed by atoms with van der Waals surface area (Å²) >= 11 is 3.32. The molecule has 2 aromatic rings. The van der Waals surface area contributed by atoms with Gasteiger partial charge >= 0.3 is 0 Å². The third-order valence-corrected chi connectivity index (χ3v) is 2.65. The van der Waals surface area contributed by atoms with Gasteiger partial charge in [-0.25, -0.2) is 9.37 Å². The van der Waals surface area contributed by atoms with Crippen LogP contribution in [0.1, 0.15) is 5.56 Å². The SMILES string of the molecule is Cc1cc(F)ccc1Nc1ccc(Br)cn1. The molecule has 4 heteroatoms. The minimum atomic E-state index is -0.230. The van der Waals surface area contributed by atoms with Crippen LogP contribution in [0.5, 0.6) is 0 Å². The number of aryl methyl sites for hydroxylation is 1. The molecule has 0 unspecified atom stereocenters. The van der Waals surface area contributed by atoms with Gasteiger partial charge in [0.1, 0.15) is 11.6 Å². The molecule has 16 heavy (non-hydrogen) atoms. The second kappa shape index (κ2) is 4.61. The minimum Gasteiger partial charge on any atom is -0.340 e. The number of pyridine rings is 1. The average Bonchev–Trinajstić information content (AvgIpc) is 2.25. The van der Waals surface area contributed by atoms with Crippen LogP contribution >= 0.6 is 15.9 Å². The van der Waals surface area contributed by atoms with Crippen LogP contribution in [0.3, 0.4) is 0 Å². The van der Waals surface area contributed by atoms with Crippen molar-refractivity contribution in [1.29, 1.82) is 0 Å². The molecule has 0 bridgehead atoms. The minimum absolute atomic E-state index is 0.230. The van der Waals surface area contributed by atoms with E-state index in [2.05, 4.69) is 26.2 Å². The lowest BCUT2D eigenvalue weighted by Gasteiger charge is -2.08. The van der Waals surface area contributed by atoms with E-state index in [1.807, 2.05) is 19.1 Å². The molecule has 1 N–H and O–H groups in total. The smallest absolute Gasteiger partial charge is 0.130 e. The van der Waals surface area contributed by atoms with Gasteiger partial charge in [0.2, 0.25) is 0 Å². The standard InChI is InChI=1S/C12H10BrFN2/c1-8-6-10(14)3-4-11(8)16-12-5-2-9(13)7-15-12/h2-7H,1H3,(H,15,16). The van der Waals surface area contributed by atoms with Gasteiger partial charge in [-0.05, 0) is 58.7 Å². The third-order valence-electron chi connectivity index (χ3n) is 2.18. The predicted molar refractivity (Wildman–Crippen MR) is 66.4 cm³/mol. The molecule has 0 saturated carbocycles. The zero-order chi connectivity index (χ0) is 11.5. The van der Waals surface area contributed by atoms with Crippen molar-refractivity contribution >= 4 is 27.4 Å². The van der Waals surface area contributed by atoms with E-state index in [1.54, 1.807) is 12.3 Å². The van der Waals surface area contributed by atoms with E-state index in [1.165, 1.54) is 12.1 Å². The van der Waals surface area contributed by atoms with Crippen LogP contribution in [0.2, 0.25) is 0 Å². The molecule has 0 saturated heterocycles. The highest BCUT2D eigenvalue weighted by molar-refractivity contribution is 9.10. The monoisotopic (exact) mass is 280 g/mol. The molecule has 2 nitrogen and oxygen atoms in total. The predicted octanol–water partition coefficient (Wildman–Crippen LogP) is 4.04. The van der Waals surface area contributed by atoms with Crippen LogP contribution in [-0.4, -0.2) is 4.98 Å². The molecule has 0 fully saturated rings. The first-order valence-electron chi connectivity index (χ1n) is 4.80. The summed E-state index contributed by atoms with van der Waals surface area (Å²) in [5, 5.41) is 3.13. The molecule has 0 aliphatic carbocycles. The Labute approximate surface area is 102 Å². The highest BCUT2D eigenvalue weighted by Gasteiger charge is 2.01. The number of aromatic nitrogens is 1. The van der Waals surface area contributed by atoms with Crippen LogP contribution in [0.25, 0.3) is 0 Å². The second-order valence-electron chi connectivity index (χ2n) is 3.45. The molecule has 1 aromatic carbocycles. The van der Waals surface area contributed by atoms with E-state index < -0.39 is 0 Å². The number of rotatable bonds is 2. The van der Waals surface area contributed by atoms with Crippen molar-refractivity contribution in [2.75, 3.05) is 5.32 Å². The van der Waals surface area contributed by atoms with Gasteiger partial charge in [0.25, 0.3) is 0 Å². The van der Waals surface area contributed by atoms with Gasteiger partial charge in [0, 0.05) is 16.4 Å². The fraction of sp³-hybridized carbons (Fsp3) is 0.0833. The first-order valence-corrected chi connectivity index (χ1v) is 5.59. The van der Waals surface area contributed by atoms with Gasteiger partial charge in [-0.3, -0.25) is 0 Å². The number of nitrogens with one attached hydrogen (secondary N) is 1. The Morgan fingerprint density at radius 2 is 2.06 bits per heavy atom. The normalized spacial score (nSPS) is 10.2. The molecule has 0 aliphatic rings. The van der Waals surface area contributed by atoms with Gasteiger partial charge < -0.3 is 5.32 Å². The van der Waals surface area contributed by atoms with Crippen molar-refractivity contribution in [3.05, 3.63) is 52.4 Å². The Balaban J connectivity index is 2.23. The summed E-state index contributed by atoms with van der Waals surface area (Å²) in [6.45, 7) is 1.85. The van der Waals surface area contributed by atoms with E-state index in [0.29, 0.717) is 0 Å². The highest BCUT2D eigenvalue weighted by atomic mass is 79.9. The van der Waals surface area contributed by atoms with Crippen LogP contribution in [0, 0.1) is 12.7 Å². The van der Waals surface area contributed by atoms with Gasteiger partial charge in [-0.15, -0.1) is 0 Å². The molecule has 1 aromatic heterocycles. The average molecular weight is 281 g/mol. The van der Waals surface area contributed by atoms with Crippen LogP contribution in [0.15, 0.2) is 41.0 Å². The van der Waals surface area contributed by atoms with Gasteiger partial charge in [-0.2, -0.15) is 0 Å². The van der Waals surface area contributed by atoms with Crippen LogP contribution in [-0.2, 0) is 0 Å². The van der Waals surface area contributed by atoms with Crippen molar-refractivity contribution in [1.82, 2.24) is 4.98 Å². The van der Waals surface area contributed by atoms with Gasteiger partial charge in [0.05, 0.1) is 0 Å². The molecule has 0 atom stereocenters. The molecule has 2 rings (SSSR count). The number of hydrogen-bond donors (Lipinski definition) is 1. The third kappa shape index (κ3) is 2.58. The molecule has 82 valence electrons. The maximum absolute atomic E-state index is 12.9. The summed E-state index contributed by atoms with van der Waals surface area (Å²) < 4.78 is 13.8. The van der Waals surface area contributed by atoms with Crippen molar-refractivity contribution in [2.45, 2.75) is 6.92 Å². The molecule has 0 aliphatic heterocycles. The maximum atomic E-state index is 12.9. The Hall–Kier alpha value is -1.42. The van der Waals surface area contributed by atoms with E-state index in [0.717, 1.165) is 21.5 Å². The fourth-order valence-corrected chi connectivity index (χ4v) is 1.59.